The Bertz CT molecular complexity index is 723. The molecule has 0 radical (unpaired) electrons. The van der Waals surface area contributed by atoms with E-state index in [4.69, 9.17) is 17.3 Å². The zero-order chi connectivity index (χ0) is 17.3. The van der Waals surface area contributed by atoms with Crippen molar-refractivity contribution in [3.8, 4) is 5.69 Å². The van der Waals surface area contributed by atoms with Crippen LogP contribution in [0, 0.1) is 12.8 Å². The number of hydrogen-bond donors (Lipinski definition) is 1. The molecular weight excluding hydrogens is 324 g/mol. The van der Waals surface area contributed by atoms with Crippen LogP contribution in [0.3, 0.4) is 0 Å². The van der Waals surface area contributed by atoms with Crippen LogP contribution in [0.15, 0.2) is 30.5 Å². The van der Waals surface area contributed by atoms with Crippen LogP contribution >= 0.6 is 11.6 Å². The molecule has 2 N–H and O–H groups in total. The zero-order valence-electron chi connectivity index (χ0n) is 14.1. The molecule has 2 aromatic rings. The van der Waals surface area contributed by atoms with Crippen molar-refractivity contribution in [3.05, 3.63) is 46.7 Å². The molecule has 1 amide bonds. The van der Waals surface area contributed by atoms with Gasteiger partial charge in [0.05, 0.1) is 16.9 Å². The van der Waals surface area contributed by atoms with Gasteiger partial charge in [-0.1, -0.05) is 11.6 Å². The Labute approximate surface area is 147 Å². The molecule has 1 saturated heterocycles. The SMILES string of the molecule is Cc1nn(-c2ccc(Cl)cc2)cc1C(=O)N1CCCC(C(C)N)C1. The van der Waals surface area contributed by atoms with Crippen LogP contribution in [0.2, 0.25) is 5.02 Å². The third kappa shape index (κ3) is 3.47. The summed E-state index contributed by atoms with van der Waals surface area (Å²) < 4.78 is 1.73. The summed E-state index contributed by atoms with van der Waals surface area (Å²) in [5.74, 6) is 0.410. The van der Waals surface area contributed by atoms with Crippen LogP contribution < -0.4 is 5.73 Å². The van der Waals surface area contributed by atoms with Gasteiger partial charge in [-0.2, -0.15) is 5.10 Å². The minimum Gasteiger partial charge on any atom is -0.338 e. The van der Waals surface area contributed by atoms with Crippen molar-refractivity contribution in [2.75, 3.05) is 13.1 Å². The summed E-state index contributed by atoms with van der Waals surface area (Å²) in [7, 11) is 0. The zero-order valence-corrected chi connectivity index (χ0v) is 14.8. The van der Waals surface area contributed by atoms with Gasteiger partial charge in [0.2, 0.25) is 0 Å². The number of nitrogens with two attached hydrogens (primary N) is 1. The Balaban J connectivity index is 1.81. The Morgan fingerprint density at radius 1 is 1.38 bits per heavy atom. The Kier molecular flexibility index (Phi) is 4.92. The summed E-state index contributed by atoms with van der Waals surface area (Å²) in [6.45, 7) is 5.39. The molecular formula is C18H23ClN4O. The average Bonchev–Trinajstić information content (AvgIpc) is 2.96. The topological polar surface area (TPSA) is 64.2 Å². The second-order valence-corrected chi connectivity index (χ2v) is 7.00. The first kappa shape index (κ1) is 17.0. The number of hydrogen-bond acceptors (Lipinski definition) is 3. The van der Waals surface area contributed by atoms with Crippen LogP contribution in [-0.4, -0.2) is 39.7 Å². The van der Waals surface area contributed by atoms with E-state index < -0.39 is 0 Å². The van der Waals surface area contributed by atoms with Crippen molar-refractivity contribution in [1.29, 1.82) is 0 Å². The second-order valence-electron chi connectivity index (χ2n) is 6.56. The summed E-state index contributed by atoms with van der Waals surface area (Å²) in [5, 5.41) is 5.16. The highest BCUT2D eigenvalue weighted by atomic mass is 35.5. The number of carbonyl (C=O) groups excluding carboxylic acids is 1. The summed E-state index contributed by atoms with van der Waals surface area (Å²) in [6.07, 6.45) is 3.89. The molecule has 0 saturated carbocycles. The van der Waals surface area contributed by atoms with E-state index in [1.54, 1.807) is 10.9 Å². The minimum atomic E-state index is 0.0399. The molecule has 24 heavy (non-hydrogen) atoms. The van der Waals surface area contributed by atoms with E-state index in [0.29, 0.717) is 16.5 Å². The lowest BCUT2D eigenvalue weighted by molar-refractivity contribution is 0.0660. The molecule has 1 aromatic heterocycles. The smallest absolute Gasteiger partial charge is 0.257 e. The molecule has 128 valence electrons. The molecule has 5 nitrogen and oxygen atoms in total. The van der Waals surface area contributed by atoms with Gasteiger partial charge in [0.1, 0.15) is 0 Å². The lowest BCUT2D eigenvalue weighted by Gasteiger charge is -2.34. The van der Waals surface area contributed by atoms with Gasteiger partial charge in [0, 0.05) is 30.4 Å². The summed E-state index contributed by atoms with van der Waals surface area (Å²) >= 11 is 5.93. The number of carbonyl (C=O) groups is 1. The maximum absolute atomic E-state index is 12.9. The van der Waals surface area contributed by atoms with E-state index in [1.807, 2.05) is 43.0 Å². The van der Waals surface area contributed by atoms with Gasteiger partial charge in [-0.05, 0) is 56.9 Å². The standard InChI is InChI=1S/C18H23ClN4O/c1-12(20)14-4-3-9-22(10-14)18(24)17-11-23(21-13(17)2)16-7-5-15(19)6-8-16/h5-8,11-12,14H,3-4,9-10,20H2,1-2H3. The predicted molar refractivity (Wildman–Crippen MR) is 95.6 cm³/mol. The number of benzene rings is 1. The van der Waals surface area contributed by atoms with Gasteiger partial charge >= 0.3 is 0 Å². The molecule has 2 atom stereocenters. The van der Waals surface area contributed by atoms with Gasteiger partial charge < -0.3 is 10.6 Å². The van der Waals surface area contributed by atoms with E-state index in [1.165, 1.54) is 0 Å². The maximum atomic E-state index is 12.9. The predicted octanol–water partition coefficient (Wildman–Crippen LogP) is 3.03. The van der Waals surface area contributed by atoms with Crippen LogP contribution in [0.25, 0.3) is 5.69 Å². The highest BCUT2D eigenvalue weighted by Gasteiger charge is 2.28. The number of aromatic nitrogens is 2. The molecule has 1 fully saturated rings. The van der Waals surface area contributed by atoms with Gasteiger partial charge in [-0.3, -0.25) is 4.79 Å². The quantitative estimate of drug-likeness (QED) is 0.929. The second kappa shape index (κ2) is 6.95. The number of rotatable bonds is 3. The number of aryl methyl sites for hydroxylation is 1. The van der Waals surface area contributed by atoms with E-state index in [-0.39, 0.29) is 11.9 Å². The third-order valence-corrected chi connectivity index (χ3v) is 4.96. The van der Waals surface area contributed by atoms with Gasteiger partial charge in [-0.15, -0.1) is 0 Å². The highest BCUT2D eigenvalue weighted by molar-refractivity contribution is 6.30. The van der Waals surface area contributed by atoms with Crippen molar-refractivity contribution >= 4 is 17.5 Å². The van der Waals surface area contributed by atoms with Crippen LogP contribution in [0.5, 0.6) is 0 Å². The lowest BCUT2D eigenvalue weighted by atomic mass is 9.92. The minimum absolute atomic E-state index is 0.0399. The Morgan fingerprint density at radius 2 is 2.08 bits per heavy atom. The number of piperidine rings is 1. The van der Waals surface area contributed by atoms with Crippen LogP contribution in [0.1, 0.15) is 35.8 Å². The van der Waals surface area contributed by atoms with Crippen molar-refractivity contribution in [2.45, 2.75) is 32.7 Å². The number of nitrogens with zero attached hydrogens (tertiary/aromatic N) is 3. The Morgan fingerprint density at radius 3 is 2.75 bits per heavy atom. The monoisotopic (exact) mass is 346 g/mol. The molecule has 1 aliphatic rings. The van der Waals surface area contributed by atoms with Crippen molar-refractivity contribution in [1.82, 2.24) is 14.7 Å². The van der Waals surface area contributed by atoms with E-state index >= 15 is 0 Å². The fraction of sp³-hybridized carbons (Fsp3) is 0.444. The fourth-order valence-electron chi connectivity index (χ4n) is 3.19. The fourth-order valence-corrected chi connectivity index (χ4v) is 3.32. The van der Waals surface area contributed by atoms with Crippen LogP contribution in [-0.2, 0) is 0 Å². The van der Waals surface area contributed by atoms with E-state index in [9.17, 15) is 4.79 Å². The molecule has 2 heterocycles. The van der Waals surface area contributed by atoms with Crippen molar-refractivity contribution in [3.63, 3.8) is 0 Å². The largest absolute Gasteiger partial charge is 0.338 e. The molecule has 6 heteroatoms. The van der Waals surface area contributed by atoms with E-state index in [2.05, 4.69) is 5.10 Å². The van der Waals surface area contributed by atoms with Gasteiger partial charge in [-0.25, -0.2) is 4.68 Å². The molecule has 1 aromatic carbocycles. The van der Waals surface area contributed by atoms with Crippen LogP contribution in [0.4, 0.5) is 0 Å². The molecule has 3 rings (SSSR count). The average molecular weight is 347 g/mol. The number of halogens is 1. The van der Waals surface area contributed by atoms with Crippen molar-refractivity contribution < 1.29 is 4.79 Å². The summed E-state index contributed by atoms with van der Waals surface area (Å²) in [4.78, 5) is 14.8. The molecule has 0 aliphatic carbocycles. The lowest BCUT2D eigenvalue weighted by Crippen LogP contribution is -2.45. The van der Waals surface area contributed by atoms with E-state index in [0.717, 1.165) is 37.3 Å². The molecule has 0 bridgehead atoms. The first-order valence-electron chi connectivity index (χ1n) is 8.33. The van der Waals surface area contributed by atoms with Gasteiger partial charge in [0.15, 0.2) is 0 Å². The molecule has 1 aliphatic heterocycles. The van der Waals surface area contributed by atoms with Gasteiger partial charge in [0.25, 0.3) is 5.91 Å². The van der Waals surface area contributed by atoms with Crippen molar-refractivity contribution in [2.24, 2.45) is 11.7 Å². The Hall–Kier alpha value is -1.85. The molecule has 2 unspecified atom stereocenters. The number of likely N-dealkylation sites (tertiary alicyclic amines) is 1. The maximum Gasteiger partial charge on any atom is 0.257 e. The number of amides is 1. The molecule has 0 spiro atoms. The first-order chi connectivity index (χ1) is 11.5. The summed E-state index contributed by atoms with van der Waals surface area (Å²) in [6, 6.07) is 7.51. The first-order valence-corrected chi connectivity index (χ1v) is 8.70. The normalized spacial score (nSPS) is 19.3. The summed E-state index contributed by atoms with van der Waals surface area (Å²) in [5.41, 5.74) is 8.29. The third-order valence-electron chi connectivity index (χ3n) is 4.71. The highest BCUT2D eigenvalue weighted by Crippen LogP contribution is 2.22.